The molecule has 8 nitrogen and oxygen atoms in total. The highest BCUT2D eigenvalue weighted by Crippen LogP contribution is 2.32. The lowest BCUT2D eigenvalue weighted by atomic mass is 10.1. The first-order chi connectivity index (χ1) is 14.5. The monoisotopic (exact) mass is 421 g/mol. The number of amides is 1. The van der Waals surface area contributed by atoms with E-state index in [1.807, 2.05) is 37.3 Å². The number of anilines is 1. The van der Waals surface area contributed by atoms with Crippen molar-refractivity contribution in [3.8, 4) is 11.3 Å². The van der Waals surface area contributed by atoms with Gasteiger partial charge in [-0.1, -0.05) is 41.7 Å². The molecule has 4 rings (SSSR count). The van der Waals surface area contributed by atoms with Crippen molar-refractivity contribution in [2.45, 2.75) is 13.8 Å². The summed E-state index contributed by atoms with van der Waals surface area (Å²) in [6.45, 7) is 3.86. The van der Waals surface area contributed by atoms with Crippen LogP contribution in [0.1, 0.15) is 32.6 Å². The fourth-order valence-electron chi connectivity index (χ4n) is 3.10. The second-order valence-electron chi connectivity index (χ2n) is 6.54. The highest BCUT2D eigenvalue weighted by atomic mass is 32.1. The number of nitrogens with zero attached hydrogens (tertiary/aromatic N) is 4. The number of ether oxygens (including phenoxy) is 1. The molecule has 0 spiro atoms. The van der Waals surface area contributed by atoms with Crippen LogP contribution in [-0.2, 0) is 11.8 Å². The normalized spacial score (nSPS) is 10.9. The molecule has 0 saturated carbocycles. The SMILES string of the molecule is CCOC(=O)c1sc(NC(=O)c2cnc3c(c2)c(C)nn3C)nc1-c1ccccc1. The van der Waals surface area contributed by atoms with Crippen molar-refractivity contribution < 1.29 is 14.3 Å². The molecule has 0 saturated heterocycles. The van der Waals surface area contributed by atoms with Gasteiger partial charge in [0.15, 0.2) is 10.8 Å². The molecule has 0 bridgehead atoms. The van der Waals surface area contributed by atoms with E-state index in [1.165, 1.54) is 6.20 Å². The molecule has 0 aliphatic rings. The van der Waals surface area contributed by atoms with Crippen LogP contribution in [0.25, 0.3) is 22.3 Å². The van der Waals surface area contributed by atoms with Gasteiger partial charge in [-0.15, -0.1) is 0 Å². The van der Waals surface area contributed by atoms with E-state index in [9.17, 15) is 9.59 Å². The van der Waals surface area contributed by atoms with Crippen LogP contribution >= 0.6 is 11.3 Å². The number of hydrogen-bond donors (Lipinski definition) is 1. The first-order valence-electron chi connectivity index (χ1n) is 9.32. The molecule has 152 valence electrons. The van der Waals surface area contributed by atoms with Gasteiger partial charge in [0.05, 0.1) is 23.6 Å². The Morgan fingerprint density at radius 2 is 2.00 bits per heavy atom. The maximum Gasteiger partial charge on any atom is 0.350 e. The molecular formula is C21H19N5O3S. The average Bonchev–Trinajstić information content (AvgIpc) is 3.29. The van der Waals surface area contributed by atoms with Crippen LogP contribution in [0.2, 0.25) is 0 Å². The largest absolute Gasteiger partial charge is 0.462 e. The molecule has 3 heterocycles. The molecule has 3 aromatic heterocycles. The standard InChI is InChI=1S/C21H19N5O3S/c1-4-29-20(28)17-16(13-8-6-5-7-9-13)23-21(30-17)24-19(27)14-10-15-12(2)25-26(3)18(15)22-11-14/h5-11H,4H2,1-3H3,(H,23,24,27). The van der Waals surface area contributed by atoms with Crippen LogP contribution in [-0.4, -0.2) is 38.2 Å². The van der Waals surface area contributed by atoms with Crippen LogP contribution in [0.4, 0.5) is 5.13 Å². The van der Waals surface area contributed by atoms with Crippen molar-refractivity contribution in [2.75, 3.05) is 11.9 Å². The number of benzene rings is 1. The lowest BCUT2D eigenvalue weighted by molar-refractivity contribution is 0.0532. The number of esters is 1. The highest BCUT2D eigenvalue weighted by Gasteiger charge is 2.22. The van der Waals surface area contributed by atoms with Gasteiger partial charge < -0.3 is 4.74 Å². The van der Waals surface area contributed by atoms with E-state index in [2.05, 4.69) is 20.4 Å². The fourth-order valence-corrected chi connectivity index (χ4v) is 3.98. The van der Waals surface area contributed by atoms with Crippen molar-refractivity contribution in [3.63, 3.8) is 0 Å². The van der Waals surface area contributed by atoms with Gasteiger partial charge in [-0.05, 0) is 19.9 Å². The Balaban J connectivity index is 1.66. The van der Waals surface area contributed by atoms with E-state index in [0.29, 0.717) is 26.9 Å². The van der Waals surface area contributed by atoms with Crippen molar-refractivity contribution in [1.29, 1.82) is 0 Å². The smallest absolute Gasteiger partial charge is 0.350 e. The molecule has 30 heavy (non-hydrogen) atoms. The van der Waals surface area contributed by atoms with Gasteiger partial charge in [-0.2, -0.15) is 5.10 Å². The number of carbonyl (C=O) groups is 2. The molecule has 0 radical (unpaired) electrons. The van der Waals surface area contributed by atoms with Gasteiger partial charge >= 0.3 is 5.97 Å². The van der Waals surface area contributed by atoms with Crippen molar-refractivity contribution in [1.82, 2.24) is 19.7 Å². The molecule has 1 aromatic carbocycles. The third-order valence-electron chi connectivity index (χ3n) is 4.48. The number of hydrogen-bond acceptors (Lipinski definition) is 7. The Morgan fingerprint density at radius 3 is 2.73 bits per heavy atom. The van der Waals surface area contributed by atoms with Crippen LogP contribution in [0.15, 0.2) is 42.6 Å². The summed E-state index contributed by atoms with van der Waals surface area (Å²) >= 11 is 1.08. The lowest BCUT2D eigenvalue weighted by Gasteiger charge is -2.02. The van der Waals surface area contributed by atoms with Crippen molar-refractivity contribution in [3.05, 3.63) is 58.7 Å². The van der Waals surface area contributed by atoms with E-state index in [-0.39, 0.29) is 12.5 Å². The van der Waals surface area contributed by atoms with Gasteiger partial charge in [0.1, 0.15) is 4.88 Å². The Kier molecular flexibility index (Phi) is 5.28. The summed E-state index contributed by atoms with van der Waals surface area (Å²) in [5, 5.41) is 8.21. The van der Waals surface area contributed by atoms with Crippen LogP contribution in [0.3, 0.4) is 0 Å². The van der Waals surface area contributed by atoms with E-state index in [4.69, 9.17) is 4.74 Å². The first-order valence-corrected chi connectivity index (χ1v) is 10.1. The minimum atomic E-state index is -0.469. The number of aromatic nitrogens is 4. The van der Waals surface area contributed by atoms with Gasteiger partial charge in [0, 0.05) is 24.2 Å². The molecule has 0 atom stereocenters. The van der Waals surface area contributed by atoms with Gasteiger partial charge in [0.25, 0.3) is 5.91 Å². The number of pyridine rings is 1. The quantitative estimate of drug-likeness (QED) is 0.492. The van der Waals surface area contributed by atoms with Gasteiger partial charge in [-0.25, -0.2) is 14.8 Å². The third-order valence-corrected chi connectivity index (χ3v) is 5.43. The second-order valence-corrected chi connectivity index (χ2v) is 7.54. The van der Waals surface area contributed by atoms with Crippen LogP contribution in [0, 0.1) is 6.92 Å². The topological polar surface area (TPSA) is 99.0 Å². The highest BCUT2D eigenvalue weighted by molar-refractivity contribution is 7.18. The average molecular weight is 421 g/mol. The number of rotatable bonds is 5. The summed E-state index contributed by atoms with van der Waals surface area (Å²) in [5.74, 6) is -0.833. The molecule has 1 N–H and O–H groups in total. The molecule has 0 aliphatic heterocycles. The van der Waals surface area contributed by atoms with Crippen molar-refractivity contribution in [2.24, 2.45) is 7.05 Å². The number of aryl methyl sites for hydroxylation is 2. The number of fused-ring (bicyclic) bond motifs is 1. The Hall–Kier alpha value is -3.59. The molecule has 0 aliphatic carbocycles. The number of thiazole rings is 1. The minimum absolute atomic E-state index is 0.253. The van der Waals surface area contributed by atoms with Crippen LogP contribution < -0.4 is 5.32 Å². The number of nitrogens with one attached hydrogen (secondary N) is 1. The minimum Gasteiger partial charge on any atom is -0.462 e. The lowest BCUT2D eigenvalue weighted by Crippen LogP contribution is -2.12. The predicted octanol–water partition coefficient (Wildman–Crippen LogP) is 3.83. The molecule has 4 aromatic rings. The summed E-state index contributed by atoms with van der Waals surface area (Å²) in [5.41, 5.74) is 3.12. The molecule has 0 unspecified atom stereocenters. The van der Waals surface area contributed by atoms with Gasteiger partial charge in [-0.3, -0.25) is 14.8 Å². The van der Waals surface area contributed by atoms with E-state index in [1.54, 1.807) is 24.7 Å². The summed E-state index contributed by atoms with van der Waals surface area (Å²) < 4.78 is 6.83. The molecule has 9 heteroatoms. The summed E-state index contributed by atoms with van der Waals surface area (Å²) in [7, 11) is 1.81. The van der Waals surface area contributed by atoms with E-state index in [0.717, 1.165) is 28.0 Å². The zero-order valence-electron chi connectivity index (χ0n) is 16.7. The molecule has 0 fully saturated rings. The zero-order chi connectivity index (χ0) is 21.3. The fraction of sp³-hybridized carbons (Fsp3) is 0.190. The number of carbonyl (C=O) groups excluding carboxylic acids is 2. The summed E-state index contributed by atoms with van der Waals surface area (Å²) in [6, 6.07) is 11.1. The van der Waals surface area contributed by atoms with Crippen molar-refractivity contribution >= 4 is 39.4 Å². The second kappa shape index (κ2) is 8.03. The van der Waals surface area contributed by atoms with Crippen LogP contribution in [0.5, 0.6) is 0 Å². The first kappa shape index (κ1) is 19.7. The molecular weight excluding hydrogens is 402 g/mol. The predicted molar refractivity (Wildman–Crippen MR) is 115 cm³/mol. The Morgan fingerprint density at radius 1 is 1.23 bits per heavy atom. The summed E-state index contributed by atoms with van der Waals surface area (Å²) in [6.07, 6.45) is 1.50. The maximum absolute atomic E-state index is 12.8. The van der Waals surface area contributed by atoms with E-state index < -0.39 is 5.97 Å². The summed E-state index contributed by atoms with van der Waals surface area (Å²) in [4.78, 5) is 34.4. The van der Waals surface area contributed by atoms with E-state index >= 15 is 0 Å². The zero-order valence-corrected chi connectivity index (χ0v) is 17.5. The maximum atomic E-state index is 12.8. The Bertz CT molecular complexity index is 1250. The van der Waals surface area contributed by atoms with Gasteiger partial charge in [0.2, 0.25) is 0 Å². The molecule has 1 amide bonds. The third kappa shape index (κ3) is 3.67. The Labute approximate surface area is 176 Å².